The van der Waals surface area contributed by atoms with Crippen LogP contribution in [0.4, 0.5) is 0 Å². The third-order valence-corrected chi connectivity index (χ3v) is 8.65. The number of nitrogens with one attached hydrogen (secondary N) is 1. The standard InChI is InChI=1S/C25H28N2O6S2/c1-17-8-10-18(11-9-17)35(31,32)33-14-3-2-4-15-34-22-7-5-6-19-20(22)16-27(25(19)30)21-12-13-23(28)26-24(21)29/h5-11,21H,2-4,12-16H2,1H3,(H,26,28,29). The van der Waals surface area contributed by atoms with Crippen molar-refractivity contribution in [1.82, 2.24) is 10.2 Å². The molecule has 1 unspecified atom stereocenters. The van der Waals surface area contributed by atoms with E-state index in [1.54, 1.807) is 47.0 Å². The molecule has 2 aliphatic heterocycles. The molecular weight excluding hydrogens is 488 g/mol. The first-order chi connectivity index (χ1) is 16.8. The summed E-state index contributed by atoms with van der Waals surface area (Å²) in [6.45, 7) is 2.39. The minimum Gasteiger partial charge on any atom is -0.322 e. The van der Waals surface area contributed by atoms with Crippen molar-refractivity contribution in [2.45, 2.75) is 61.4 Å². The Labute approximate surface area is 209 Å². The molecule has 10 heteroatoms. The van der Waals surface area contributed by atoms with Crippen molar-refractivity contribution in [3.05, 3.63) is 59.2 Å². The third kappa shape index (κ3) is 5.94. The van der Waals surface area contributed by atoms with Gasteiger partial charge < -0.3 is 4.90 Å². The van der Waals surface area contributed by atoms with Gasteiger partial charge in [0.2, 0.25) is 11.8 Å². The van der Waals surface area contributed by atoms with Crippen LogP contribution in [0.2, 0.25) is 0 Å². The topological polar surface area (TPSA) is 110 Å². The molecule has 0 aromatic heterocycles. The smallest absolute Gasteiger partial charge is 0.296 e. The Morgan fingerprint density at radius 3 is 2.57 bits per heavy atom. The van der Waals surface area contributed by atoms with Crippen LogP contribution in [0, 0.1) is 6.92 Å². The van der Waals surface area contributed by atoms with Gasteiger partial charge in [-0.25, -0.2) is 0 Å². The number of hydrogen-bond acceptors (Lipinski definition) is 7. The van der Waals surface area contributed by atoms with Crippen LogP contribution in [0.15, 0.2) is 52.3 Å². The minimum atomic E-state index is -3.74. The molecule has 186 valence electrons. The van der Waals surface area contributed by atoms with Crippen LogP contribution in [0.5, 0.6) is 0 Å². The van der Waals surface area contributed by atoms with Gasteiger partial charge in [0.25, 0.3) is 16.0 Å². The number of fused-ring (bicyclic) bond motifs is 1. The number of aryl methyl sites for hydroxylation is 1. The highest BCUT2D eigenvalue weighted by atomic mass is 32.2. The van der Waals surface area contributed by atoms with E-state index in [1.165, 1.54) is 0 Å². The molecular formula is C25H28N2O6S2. The lowest BCUT2D eigenvalue weighted by atomic mass is 10.0. The van der Waals surface area contributed by atoms with E-state index in [0.717, 1.165) is 34.6 Å². The van der Waals surface area contributed by atoms with Gasteiger partial charge in [0.15, 0.2) is 0 Å². The summed E-state index contributed by atoms with van der Waals surface area (Å²) in [4.78, 5) is 39.3. The number of nitrogens with zero attached hydrogens (tertiary/aromatic N) is 1. The summed E-state index contributed by atoms with van der Waals surface area (Å²) >= 11 is 1.65. The van der Waals surface area contributed by atoms with Gasteiger partial charge in [-0.2, -0.15) is 8.42 Å². The Morgan fingerprint density at radius 1 is 1.06 bits per heavy atom. The zero-order valence-corrected chi connectivity index (χ0v) is 21.1. The van der Waals surface area contributed by atoms with Gasteiger partial charge in [-0.1, -0.05) is 30.2 Å². The van der Waals surface area contributed by atoms with Crippen molar-refractivity contribution in [3.63, 3.8) is 0 Å². The summed E-state index contributed by atoms with van der Waals surface area (Å²) in [7, 11) is -3.74. The number of carbonyl (C=O) groups excluding carboxylic acids is 3. The fourth-order valence-electron chi connectivity index (χ4n) is 4.20. The summed E-state index contributed by atoms with van der Waals surface area (Å²) in [5.74, 6) is -0.0785. The highest BCUT2D eigenvalue weighted by Crippen LogP contribution is 2.34. The number of carbonyl (C=O) groups is 3. The van der Waals surface area contributed by atoms with Crippen molar-refractivity contribution in [2.24, 2.45) is 0 Å². The number of imide groups is 1. The Hall–Kier alpha value is -2.69. The monoisotopic (exact) mass is 516 g/mol. The van der Waals surface area contributed by atoms with Crippen molar-refractivity contribution < 1.29 is 27.0 Å². The molecule has 0 aliphatic carbocycles. The van der Waals surface area contributed by atoms with E-state index in [9.17, 15) is 22.8 Å². The lowest BCUT2D eigenvalue weighted by Gasteiger charge is -2.29. The number of hydrogen-bond donors (Lipinski definition) is 1. The van der Waals surface area contributed by atoms with Crippen LogP contribution in [-0.4, -0.2) is 49.4 Å². The van der Waals surface area contributed by atoms with Gasteiger partial charge in [-0.3, -0.25) is 23.9 Å². The second-order valence-corrected chi connectivity index (χ2v) is 11.4. The lowest BCUT2D eigenvalue weighted by Crippen LogP contribution is -2.52. The van der Waals surface area contributed by atoms with Gasteiger partial charge in [-0.05, 0) is 61.8 Å². The normalized spacial score (nSPS) is 18.0. The maximum Gasteiger partial charge on any atom is 0.296 e. The molecule has 0 spiro atoms. The average molecular weight is 517 g/mol. The Balaban J connectivity index is 1.23. The number of rotatable bonds is 10. The first-order valence-electron chi connectivity index (χ1n) is 11.6. The van der Waals surface area contributed by atoms with E-state index >= 15 is 0 Å². The molecule has 1 atom stereocenters. The van der Waals surface area contributed by atoms with Gasteiger partial charge in [0, 0.05) is 23.4 Å². The summed E-state index contributed by atoms with van der Waals surface area (Å²) in [5.41, 5.74) is 2.51. The molecule has 8 nitrogen and oxygen atoms in total. The van der Waals surface area contributed by atoms with E-state index in [-0.39, 0.29) is 29.7 Å². The molecule has 0 bridgehead atoms. The molecule has 1 saturated heterocycles. The maximum atomic E-state index is 12.9. The molecule has 2 aromatic carbocycles. The van der Waals surface area contributed by atoms with Crippen molar-refractivity contribution in [3.8, 4) is 0 Å². The summed E-state index contributed by atoms with van der Waals surface area (Å²) in [6, 6.07) is 11.5. The number of amides is 3. The first kappa shape index (κ1) is 25.4. The summed E-state index contributed by atoms with van der Waals surface area (Å²) in [6.07, 6.45) is 2.88. The van der Waals surface area contributed by atoms with Crippen molar-refractivity contribution in [2.75, 3.05) is 12.4 Å². The van der Waals surface area contributed by atoms with Gasteiger partial charge in [0.1, 0.15) is 6.04 Å². The van der Waals surface area contributed by atoms with Crippen LogP contribution >= 0.6 is 11.8 Å². The van der Waals surface area contributed by atoms with Gasteiger partial charge in [0.05, 0.1) is 11.5 Å². The number of thioether (sulfide) groups is 1. The lowest BCUT2D eigenvalue weighted by molar-refractivity contribution is -0.136. The molecule has 0 radical (unpaired) electrons. The van der Waals surface area contributed by atoms with Gasteiger partial charge in [-0.15, -0.1) is 11.8 Å². The average Bonchev–Trinajstić information content (AvgIpc) is 3.15. The van der Waals surface area contributed by atoms with E-state index in [1.807, 2.05) is 19.1 Å². The van der Waals surface area contributed by atoms with Crippen LogP contribution in [-0.2, 0) is 30.4 Å². The zero-order chi connectivity index (χ0) is 25.0. The van der Waals surface area contributed by atoms with Crippen molar-refractivity contribution >= 4 is 39.6 Å². The molecule has 0 saturated carbocycles. The molecule has 35 heavy (non-hydrogen) atoms. The van der Waals surface area contributed by atoms with E-state index in [4.69, 9.17) is 4.18 Å². The molecule has 2 heterocycles. The van der Waals surface area contributed by atoms with Gasteiger partial charge >= 0.3 is 0 Å². The summed E-state index contributed by atoms with van der Waals surface area (Å²) in [5, 5.41) is 2.32. The molecule has 4 rings (SSSR count). The quantitative estimate of drug-likeness (QED) is 0.223. The fourth-order valence-corrected chi connectivity index (χ4v) is 6.23. The molecule has 1 fully saturated rings. The highest BCUT2D eigenvalue weighted by molar-refractivity contribution is 7.99. The van der Waals surface area contributed by atoms with Crippen LogP contribution in [0.1, 0.15) is 53.6 Å². The number of unbranched alkanes of at least 4 members (excludes halogenated alkanes) is 2. The summed E-state index contributed by atoms with van der Waals surface area (Å²) < 4.78 is 29.6. The SMILES string of the molecule is Cc1ccc(S(=O)(=O)OCCCCCSc2cccc3c2CN(C2CCC(=O)NC2=O)C3=O)cc1. The maximum absolute atomic E-state index is 12.9. The van der Waals surface area contributed by atoms with Crippen LogP contribution < -0.4 is 5.32 Å². The largest absolute Gasteiger partial charge is 0.322 e. The number of piperidine rings is 1. The predicted molar refractivity (Wildman–Crippen MR) is 131 cm³/mol. The Kier molecular flexibility index (Phi) is 7.93. The van der Waals surface area contributed by atoms with Crippen molar-refractivity contribution in [1.29, 1.82) is 0 Å². The van der Waals surface area contributed by atoms with Crippen LogP contribution in [0.25, 0.3) is 0 Å². The van der Waals surface area contributed by atoms with Crippen LogP contribution in [0.3, 0.4) is 0 Å². The predicted octanol–water partition coefficient (Wildman–Crippen LogP) is 3.42. The first-order valence-corrected chi connectivity index (χ1v) is 14.0. The van der Waals surface area contributed by atoms with E-state index in [0.29, 0.717) is 24.9 Å². The fraction of sp³-hybridized carbons (Fsp3) is 0.400. The molecule has 3 amide bonds. The van der Waals surface area contributed by atoms with E-state index in [2.05, 4.69) is 5.32 Å². The number of benzene rings is 2. The third-order valence-electron chi connectivity index (χ3n) is 6.13. The molecule has 2 aromatic rings. The second-order valence-electron chi connectivity index (χ2n) is 8.68. The highest BCUT2D eigenvalue weighted by Gasteiger charge is 2.39. The Morgan fingerprint density at radius 2 is 1.83 bits per heavy atom. The second kappa shape index (κ2) is 10.9. The zero-order valence-electron chi connectivity index (χ0n) is 19.5. The molecule has 1 N–H and O–H groups in total. The minimum absolute atomic E-state index is 0.136. The molecule has 2 aliphatic rings. The van der Waals surface area contributed by atoms with E-state index < -0.39 is 22.1 Å². The Bertz CT molecular complexity index is 1230.